The van der Waals surface area contributed by atoms with Crippen LogP contribution in [0.4, 0.5) is 0 Å². The van der Waals surface area contributed by atoms with Crippen molar-refractivity contribution in [2.75, 3.05) is 13.2 Å². The Balaban J connectivity index is 1.64. The van der Waals surface area contributed by atoms with Crippen LogP contribution >= 0.6 is 0 Å². The lowest BCUT2D eigenvalue weighted by Crippen LogP contribution is -2.51. The minimum Gasteiger partial charge on any atom is -0.372 e. The topological polar surface area (TPSA) is 21.3 Å². The Kier molecular flexibility index (Phi) is 3.17. The molecule has 1 aliphatic heterocycles. The van der Waals surface area contributed by atoms with Crippen molar-refractivity contribution in [1.29, 1.82) is 0 Å². The van der Waals surface area contributed by atoms with E-state index in [1.54, 1.807) is 0 Å². The van der Waals surface area contributed by atoms with Crippen molar-refractivity contribution < 1.29 is 4.74 Å². The maximum Gasteiger partial charge on any atom is 0.0807 e. The Labute approximate surface area is 103 Å². The van der Waals surface area contributed by atoms with Gasteiger partial charge in [-0.3, -0.25) is 0 Å². The summed E-state index contributed by atoms with van der Waals surface area (Å²) in [6, 6.07) is 11.0. The summed E-state index contributed by atoms with van der Waals surface area (Å²) in [5, 5.41) is 3.67. The van der Waals surface area contributed by atoms with Crippen LogP contribution in [-0.4, -0.2) is 18.8 Å². The van der Waals surface area contributed by atoms with Gasteiger partial charge in [-0.2, -0.15) is 0 Å². The van der Waals surface area contributed by atoms with E-state index in [0.29, 0.717) is 6.04 Å². The highest BCUT2D eigenvalue weighted by Gasteiger charge is 2.37. The van der Waals surface area contributed by atoms with Gasteiger partial charge in [0.2, 0.25) is 0 Å². The minimum absolute atomic E-state index is 0.156. The van der Waals surface area contributed by atoms with Crippen LogP contribution in [0.2, 0.25) is 0 Å². The second-order valence-electron chi connectivity index (χ2n) is 5.40. The molecular weight excluding hydrogens is 210 g/mol. The maximum atomic E-state index is 6.21. The molecule has 1 saturated heterocycles. The first-order valence-electron chi connectivity index (χ1n) is 6.80. The third kappa shape index (κ3) is 2.38. The molecule has 1 heterocycles. The molecule has 2 fully saturated rings. The SMILES string of the molecule is c1ccc(C2COC3(CCCCC3)CN2)cc1. The largest absolute Gasteiger partial charge is 0.372 e. The molecule has 0 amide bonds. The van der Waals surface area contributed by atoms with Crippen molar-refractivity contribution in [2.45, 2.75) is 43.7 Å². The minimum atomic E-state index is 0.156. The highest BCUT2D eigenvalue weighted by molar-refractivity contribution is 5.19. The molecule has 1 aliphatic carbocycles. The Hall–Kier alpha value is -0.860. The van der Waals surface area contributed by atoms with Crippen LogP contribution in [0.1, 0.15) is 43.7 Å². The molecule has 1 spiro atoms. The van der Waals surface area contributed by atoms with Crippen molar-refractivity contribution in [2.24, 2.45) is 0 Å². The first-order chi connectivity index (χ1) is 8.38. The number of ether oxygens (including phenoxy) is 1. The van der Waals surface area contributed by atoms with E-state index in [1.807, 2.05) is 0 Å². The molecule has 0 radical (unpaired) electrons. The summed E-state index contributed by atoms with van der Waals surface area (Å²) in [6.07, 6.45) is 6.52. The van der Waals surface area contributed by atoms with Gasteiger partial charge in [-0.15, -0.1) is 0 Å². The second-order valence-corrected chi connectivity index (χ2v) is 5.40. The second kappa shape index (κ2) is 4.79. The summed E-state index contributed by atoms with van der Waals surface area (Å²) in [5.41, 5.74) is 1.50. The lowest BCUT2D eigenvalue weighted by Gasteiger charge is -2.43. The van der Waals surface area contributed by atoms with Crippen LogP contribution in [0.5, 0.6) is 0 Å². The Bertz CT molecular complexity index is 346. The summed E-state index contributed by atoms with van der Waals surface area (Å²) in [7, 11) is 0. The summed E-state index contributed by atoms with van der Waals surface area (Å²) in [5.74, 6) is 0. The quantitative estimate of drug-likeness (QED) is 0.802. The van der Waals surface area contributed by atoms with Crippen LogP contribution in [0.15, 0.2) is 30.3 Å². The first-order valence-corrected chi connectivity index (χ1v) is 6.80. The van der Waals surface area contributed by atoms with Gasteiger partial charge < -0.3 is 10.1 Å². The predicted octanol–water partition coefficient (Wildman–Crippen LogP) is 3.05. The van der Waals surface area contributed by atoms with Crippen molar-refractivity contribution in [3.05, 3.63) is 35.9 Å². The van der Waals surface area contributed by atoms with E-state index < -0.39 is 0 Å². The molecule has 1 saturated carbocycles. The zero-order valence-corrected chi connectivity index (χ0v) is 10.3. The van der Waals surface area contributed by atoms with Crippen LogP contribution in [-0.2, 0) is 4.74 Å². The van der Waals surface area contributed by atoms with Crippen molar-refractivity contribution in [1.82, 2.24) is 5.32 Å². The lowest BCUT2D eigenvalue weighted by atomic mass is 9.83. The molecule has 1 N–H and O–H groups in total. The molecule has 2 heteroatoms. The van der Waals surface area contributed by atoms with E-state index in [-0.39, 0.29) is 5.60 Å². The third-order valence-electron chi connectivity index (χ3n) is 4.19. The van der Waals surface area contributed by atoms with E-state index in [2.05, 4.69) is 35.6 Å². The summed E-state index contributed by atoms with van der Waals surface area (Å²) < 4.78 is 6.21. The average molecular weight is 231 g/mol. The number of benzene rings is 1. The van der Waals surface area contributed by atoms with E-state index >= 15 is 0 Å². The van der Waals surface area contributed by atoms with Crippen molar-refractivity contribution in [3.8, 4) is 0 Å². The molecule has 1 atom stereocenters. The van der Waals surface area contributed by atoms with E-state index in [0.717, 1.165) is 13.2 Å². The van der Waals surface area contributed by atoms with Gasteiger partial charge in [0.25, 0.3) is 0 Å². The zero-order valence-electron chi connectivity index (χ0n) is 10.3. The van der Waals surface area contributed by atoms with Crippen LogP contribution in [0.3, 0.4) is 0 Å². The molecule has 1 aromatic rings. The van der Waals surface area contributed by atoms with Gasteiger partial charge >= 0.3 is 0 Å². The summed E-state index contributed by atoms with van der Waals surface area (Å²) >= 11 is 0. The first kappa shape index (κ1) is 11.2. The fourth-order valence-electron chi connectivity index (χ4n) is 3.10. The molecule has 3 rings (SSSR count). The fraction of sp³-hybridized carbons (Fsp3) is 0.600. The van der Waals surface area contributed by atoms with E-state index in [1.165, 1.54) is 37.7 Å². The number of nitrogens with one attached hydrogen (secondary N) is 1. The van der Waals surface area contributed by atoms with Gasteiger partial charge in [-0.05, 0) is 18.4 Å². The summed E-state index contributed by atoms with van der Waals surface area (Å²) in [4.78, 5) is 0. The van der Waals surface area contributed by atoms with Crippen molar-refractivity contribution >= 4 is 0 Å². The van der Waals surface area contributed by atoms with Gasteiger partial charge in [0.15, 0.2) is 0 Å². The highest BCUT2D eigenvalue weighted by Crippen LogP contribution is 2.35. The van der Waals surface area contributed by atoms with Gasteiger partial charge in [0, 0.05) is 6.54 Å². The molecule has 92 valence electrons. The normalized spacial score (nSPS) is 28.1. The number of morpholine rings is 1. The molecule has 0 bridgehead atoms. The molecule has 0 aromatic heterocycles. The molecule has 17 heavy (non-hydrogen) atoms. The van der Waals surface area contributed by atoms with Crippen molar-refractivity contribution in [3.63, 3.8) is 0 Å². The van der Waals surface area contributed by atoms with Gasteiger partial charge in [-0.25, -0.2) is 0 Å². The van der Waals surface area contributed by atoms with E-state index in [9.17, 15) is 0 Å². The van der Waals surface area contributed by atoms with Crippen LogP contribution in [0, 0.1) is 0 Å². The fourth-order valence-corrected chi connectivity index (χ4v) is 3.10. The highest BCUT2D eigenvalue weighted by atomic mass is 16.5. The molecule has 1 aromatic carbocycles. The third-order valence-corrected chi connectivity index (χ3v) is 4.19. The van der Waals surface area contributed by atoms with Gasteiger partial charge in [-0.1, -0.05) is 49.6 Å². The number of hydrogen-bond donors (Lipinski definition) is 1. The molecular formula is C15H21NO. The Morgan fingerprint density at radius 2 is 1.82 bits per heavy atom. The van der Waals surface area contributed by atoms with E-state index in [4.69, 9.17) is 4.74 Å². The number of hydrogen-bond acceptors (Lipinski definition) is 2. The Morgan fingerprint density at radius 3 is 2.47 bits per heavy atom. The predicted molar refractivity (Wildman–Crippen MR) is 69.0 cm³/mol. The molecule has 2 aliphatic rings. The maximum absolute atomic E-state index is 6.21. The van der Waals surface area contributed by atoms with Gasteiger partial charge in [0.1, 0.15) is 0 Å². The number of rotatable bonds is 1. The smallest absolute Gasteiger partial charge is 0.0807 e. The lowest BCUT2D eigenvalue weighted by molar-refractivity contribution is -0.104. The average Bonchev–Trinajstić information content (AvgIpc) is 2.42. The summed E-state index contributed by atoms with van der Waals surface area (Å²) in [6.45, 7) is 1.84. The monoisotopic (exact) mass is 231 g/mol. The zero-order chi connectivity index (χ0) is 11.6. The molecule has 1 unspecified atom stereocenters. The Morgan fingerprint density at radius 1 is 1.06 bits per heavy atom. The van der Waals surface area contributed by atoms with Crippen LogP contribution in [0.25, 0.3) is 0 Å². The standard InChI is InChI=1S/C15H21NO/c1-3-7-13(8-4-1)14-11-17-15(12-16-14)9-5-2-6-10-15/h1,3-4,7-8,14,16H,2,5-6,9-12H2. The molecule has 2 nitrogen and oxygen atoms in total. The van der Waals surface area contributed by atoms with Crippen LogP contribution < -0.4 is 5.32 Å². The van der Waals surface area contributed by atoms with Gasteiger partial charge in [0.05, 0.1) is 18.2 Å².